The first-order valence-corrected chi connectivity index (χ1v) is 8.66. The molecule has 0 saturated heterocycles. The molecule has 0 aliphatic rings. The van der Waals surface area contributed by atoms with Gasteiger partial charge in [-0.1, -0.05) is 12.1 Å². The monoisotopic (exact) mass is 397 g/mol. The summed E-state index contributed by atoms with van der Waals surface area (Å²) in [6.07, 6.45) is -1.17. The highest BCUT2D eigenvalue weighted by atomic mass is 19.1. The van der Waals surface area contributed by atoms with Crippen molar-refractivity contribution < 1.29 is 19.0 Å². The number of carbonyl (C=O) groups is 1. The van der Waals surface area contributed by atoms with Crippen LogP contribution >= 0.6 is 0 Å². The molecule has 0 spiro atoms. The van der Waals surface area contributed by atoms with E-state index in [0.717, 1.165) is 4.90 Å². The van der Waals surface area contributed by atoms with Crippen molar-refractivity contribution in [2.75, 3.05) is 25.2 Å². The van der Waals surface area contributed by atoms with Crippen LogP contribution in [-0.2, 0) is 4.74 Å². The lowest BCUT2D eigenvalue weighted by atomic mass is 10.0. The van der Waals surface area contributed by atoms with Crippen LogP contribution in [0.5, 0.6) is 0 Å². The highest BCUT2D eigenvalue weighted by Crippen LogP contribution is 2.29. The van der Waals surface area contributed by atoms with E-state index in [1.807, 2.05) is 0 Å². The van der Waals surface area contributed by atoms with Gasteiger partial charge in [-0.05, 0) is 24.3 Å². The second-order valence-electron chi connectivity index (χ2n) is 6.28. The van der Waals surface area contributed by atoms with E-state index < -0.39 is 17.5 Å². The fourth-order valence-corrected chi connectivity index (χ4v) is 3.13. The quantitative estimate of drug-likeness (QED) is 0.476. The molecule has 0 atom stereocenters. The van der Waals surface area contributed by atoms with Crippen LogP contribution in [0.3, 0.4) is 0 Å². The molecule has 29 heavy (non-hydrogen) atoms. The number of H-pyrrole nitrogens is 2. The molecule has 2 aromatic heterocycles. The lowest BCUT2D eigenvalue weighted by molar-refractivity contribution is 0.186. The Morgan fingerprint density at radius 2 is 2.14 bits per heavy atom. The SMILES string of the molecule is COCCN(C(=O)O)c1nc2ccc(-c3n[nH]c(=O)c4cccc(F)c34)cc2[nH]1. The maximum absolute atomic E-state index is 14.4. The molecule has 0 aliphatic heterocycles. The van der Waals surface area contributed by atoms with E-state index in [-0.39, 0.29) is 35.6 Å². The summed E-state index contributed by atoms with van der Waals surface area (Å²) in [7, 11) is 1.48. The minimum atomic E-state index is -1.17. The third-order valence-corrected chi connectivity index (χ3v) is 4.51. The molecule has 3 N–H and O–H groups in total. The van der Waals surface area contributed by atoms with Gasteiger partial charge in [0.05, 0.1) is 35.0 Å². The number of benzene rings is 2. The van der Waals surface area contributed by atoms with Crippen LogP contribution in [0.2, 0.25) is 0 Å². The summed E-state index contributed by atoms with van der Waals surface area (Å²) in [6.45, 7) is 0.316. The van der Waals surface area contributed by atoms with Crippen molar-refractivity contribution in [2.24, 2.45) is 0 Å². The predicted octanol–water partition coefficient (Wildman–Crippen LogP) is 2.74. The Bertz CT molecular complexity index is 1280. The van der Waals surface area contributed by atoms with Gasteiger partial charge in [0.25, 0.3) is 5.56 Å². The number of amides is 1. The topological polar surface area (TPSA) is 124 Å². The first kappa shape index (κ1) is 18.6. The molecule has 1 amide bonds. The van der Waals surface area contributed by atoms with Crippen molar-refractivity contribution >= 4 is 33.8 Å². The fraction of sp³-hybridized carbons (Fsp3) is 0.158. The summed E-state index contributed by atoms with van der Waals surface area (Å²) in [4.78, 5) is 31.8. The van der Waals surface area contributed by atoms with Crippen LogP contribution in [0.1, 0.15) is 0 Å². The van der Waals surface area contributed by atoms with E-state index in [1.54, 1.807) is 18.2 Å². The molecule has 9 nitrogen and oxygen atoms in total. The summed E-state index contributed by atoms with van der Waals surface area (Å²) in [6, 6.07) is 9.27. The van der Waals surface area contributed by atoms with Gasteiger partial charge in [-0.25, -0.2) is 24.2 Å². The van der Waals surface area contributed by atoms with Gasteiger partial charge in [-0.15, -0.1) is 0 Å². The van der Waals surface area contributed by atoms with Gasteiger partial charge in [-0.3, -0.25) is 4.79 Å². The highest BCUT2D eigenvalue weighted by molar-refractivity contribution is 5.96. The first-order chi connectivity index (χ1) is 14.0. The van der Waals surface area contributed by atoms with E-state index in [9.17, 15) is 19.1 Å². The summed E-state index contributed by atoms with van der Waals surface area (Å²) in [5.74, 6) is -0.412. The van der Waals surface area contributed by atoms with Gasteiger partial charge >= 0.3 is 6.09 Å². The van der Waals surface area contributed by atoms with Crippen LogP contribution in [0.15, 0.2) is 41.2 Å². The number of imidazole rings is 1. The standard InChI is InChI=1S/C19H16FN5O4/c1-29-8-7-25(19(27)28)18-21-13-6-5-10(9-14(13)22-18)16-15-11(17(26)24-23-16)3-2-4-12(15)20/h2-6,9H,7-8H2,1H3,(H,21,22)(H,24,26)(H,27,28). The number of halogens is 1. The summed E-state index contributed by atoms with van der Waals surface area (Å²) >= 11 is 0. The Labute approximate surface area is 162 Å². The largest absolute Gasteiger partial charge is 0.465 e. The van der Waals surface area contributed by atoms with Crippen LogP contribution in [0.4, 0.5) is 15.1 Å². The number of nitrogens with one attached hydrogen (secondary N) is 2. The van der Waals surface area contributed by atoms with Gasteiger partial charge in [0, 0.05) is 12.7 Å². The maximum Gasteiger partial charge on any atom is 0.414 e. The number of aromatic amines is 2. The normalized spacial score (nSPS) is 11.2. The number of hydrogen-bond donors (Lipinski definition) is 3. The lowest BCUT2D eigenvalue weighted by Crippen LogP contribution is -2.33. The van der Waals surface area contributed by atoms with E-state index in [4.69, 9.17) is 4.74 Å². The lowest BCUT2D eigenvalue weighted by Gasteiger charge is -2.14. The number of nitrogens with zero attached hydrogens (tertiary/aromatic N) is 3. The van der Waals surface area contributed by atoms with Gasteiger partial charge in [0.2, 0.25) is 5.95 Å². The zero-order chi connectivity index (χ0) is 20.5. The van der Waals surface area contributed by atoms with Crippen LogP contribution in [0.25, 0.3) is 33.1 Å². The molecule has 10 heteroatoms. The number of rotatable bonds is 5. The van der Waals surface area contributed by atoms with Gasteiger partial charge in [0.1, 0.15) is 11.5 Å². The number of fused-ring (bicyclic) bond motifs is 2. The van der Waals surface area contributed by atoms with Crippen LogP contribution < -0.4 is 10.5 Å². The molecular formula is C19H16FN5O4. The molecule has 2 aromatic carbocycles. The molecule has 0 bridgehead atoms. The Kier molecular flexibility index (Phi) is 4.69. The molecule has 0 fully saturated rings. The fourth-order valence-electron chi connectivity index (χ4n) is 3.13. The Hall–Kier alpha value is -3.79. The van der Waals surface area contributed by atoms with E-state index in [0.29, 0.717) is 16.6 Å². The molecule has 148 valence electrons. The van der Waals surface area contributed by atoms with Crippen molar-refractivity contribution in [2.45, 2.75) is 0 Å². The maximum atomic E-state index is 14.4. The highest BCUT2D eigenvalue weighted by Gasteiger charge is 2.19. The number of hydrogen-bond acceptors (Lipinski definition) is 5. The number of anilines is 1. The molecule has 0 unspecified atom stereocenters. The molecule has 0 saturated carbocycles. The zero-order valence-electron chi connectivity index (χ0n) is 15.3. The smallest absolute Gasteiger partial charge is 0.414 e. The minimum Gasteiger partial charge on any atom is -0.465 e. The number of ether oxygens (including phenoxy) is 1. The van der Waals surface area contributed by atoms with Crippen LogP contribution in [0, 0.1) is 5.82 Å². The second kappa shape index (κ2) is 7.32. The Balaban J connectivity index is 1.83. The average molecular weight is 397 g/mol. The van der Waals surface area contributed by atoms with E-state index in [2.05, 4.69) is 20.2 Å². The third-order valence-electron chi connectivity index (χ3n) is 4.51. The Morgan fingerprint density at radius 1 is 1.31 bits per heavy atom. The van der Waals surface area contributed by atoms with Crippen molar-refractivity contribution in [1.29, 1.82) is 0 Å². The van der Waals surface area contributed by atoms with Gasteiger partial charge in [0.15, 0.2) is 0 Å². The molecular weight excluding hydrogens is 381 g/mol. The first-order valence-electron chi connectivity index (χ1n) is 8.66. The number of carboxylic acid groups (broad SMARTS) is 1. The summed E-state index contributed by atoms with van der Waals surface area (Å²) < 4.78 is 19.4. The third kappa shape index (κ3) is 3.29. The van der Waals surface area contributed by atoms with Crippen molar-refractivity contribution in [3.8, 4) is 11.3 Å². The molecule has 0 radical (unpaired) electrons. The molecule has 2 heterocycles. The number of aromatic nitrogens is 4. The molecule has 4 rings (SSSR count). The molecule has 4 aromatic rings. The molecule has 0 aliphatic carbocycles. The minimum absolute atomic E-state index is 0.107. The van der Waals surface area contributed by atoms with Gasteiger partial charge < -0.3 is 14.8 Å². The van der Waals surface area contributed by atoms with E-state index >= 15 is 0 Å². The predicted molar refractivity (Wildman–Crippen MR) is 105 cm³/mol. The second-order valence-corrected chi connectivity index (χ2v) is 6.28. The average Bonchev–Trinajstić information content (AvgIpc) is 3.12. The van der Waals surface area contributed by atoms with Crippen molar-refractivity contribution in [3.63, 3.8) is 0 Å². The Morgan fingerprint density at radius 3 is 2.90 bits per heavy atom. The summed E-state index contributed by atoms with van der Waals surface area (Å²) in [5.41, 5.74) is 1.40. The van der Waals surface area contributed by atoms with E-state index in [1.165, 1.54) is 25.3 Å². The van der Waals surface area contributed by atoms with Crippen LogP contribution in [-0.4, -0.2) is 51.6 Å². The van der Waals surface area contributed by atoms with Crippen molar-refractivity contribution in [3.05, 3.63) is 52.6 Å². The number of methoxy groups -OCH3 is 1. The zero-order valence-corrected chi connectivity index (χ0v) is 15.3. The van der Waals surface area contributed by atoms with Gasteiger partial charge in [-0.2, -0.15) is 5.10 Å². The summed E-state index contributed by atoms with van der Waals surface area (Å²) in [5, 5.41) is 16.1. The van der Waals surface area contributed by atoms with Crippen molar-refractivity contribution in [1.82, 2.24) is 20.2 Å².